The van der Waals surface area contributed by atoms with Crippen molar-refractivity contribution in [3.8, 4) is 5.75 Å². The predicted molar refractivity (Wildman–Crippen MR) is 99.4 cm³/mol. The number of halogens is 3. The average Bonchev–Trinajstić information content (AvgIpc) is 3.03. The molecule has 1 aromatic carbocycles. The Bertz CT molecular complexity index is 732. The van der Waals surface area contributed by atoms with E-state index in [0.717, 1.165) is 25.9 Å². The maximum absolute atomic E-state index is 12.3. The zero-order chi connectivity index (χ0) is 16.4. The van der Waals surface area contributed by atoms with E-state index in [1.807, 2.05) is 4.68 Å². The number of carbonyl (C=O) groups excluding carboxylic acids is 1. The molecular weight excluding hydrogens is 419 g/mol. The molecule has 130 valence electrons. The molecule has 0 spiro atoms. The van der Waals surface area contributed by atoms with Crippen molar-refractivity contribution < 1.29 is 9.90 Å². The Balaban J connectivity index is 0.00000208. The summed E-state index contributed by atoms with van der Waals surface area (Å²) in [6.45, 7) is 1.87. The van der Waals surface area contributed by atoms with Crippen LogP contribution in [0.5, 0.6) is 5.75 Å². The second-order valence-corrected chi connectivity index (χ2v) is 6.71. The van der Waals surface area contributed by atoms with Crippen molar-refractivity contribution in [1.29, 1.82) is 0 Å². The molecule has 2 aromatic rings. The second-order valence-electron chi connectivity index (χ2n) is 5.42. The van der Waals surface area contributed by atoms with Gasteiger partial charge < -0.3 is 15.7 Å². The fourth-order valence-electron chi connectivity index (χ4n) is 2.57. The molecule has 3 rings (SSSR count). The van der Waals surface area contributed by atoms with E-state index < -0.39 is 5.91 Å². The number of anilines is 1. The smallest absolute Gasteiger partial charge is 0.276 e. The largest absolute Gasteiger partial charge is 0.505 e. The Morgan fingerprint density at radius 3 is 3.00 bits per heavy atom. The number of rotatable bonds is 3. The maximum atomic E-state index is 12.3. The number of amides is 1. The van der Waals surface area contributed by atoms with Crippen molar-refractivity contribution in [2.45, 2.75) is 18.9 Å². The Hall–Kier alpha value is -1.28. The summed E-state index contributed by atoms with van der Waals surface area (Å²) in [5.74, 6) is -0.462. The standard InChI is InChI=1S/C15H16BrClN4O2.ClH/c16-11-6-9(17)7-13(14(11)22)19-15(23)12-3-5-21(20-12)10-2-1-4-18-8-10;/h3,5-7,10,18,22H,1-2,4,8H2,(H,19,23);1H. The van der Waals surface area contributed by atoms with Crippen LogP contribution in [0.4, 0.5) is 5.69 Å². The topological polar surface area (TPSA) is 79.2 Å². The lowest BCUT2D eigenvalue weighted by Crippen LogP contribution is -2.32. The minimum absolute atomic E-state index is 0. The molecule has 1 aliphatic heterocycles. The minimum Gasteiger partial charge on any atom is -0.505 e. The Kier molecular flexibility index (Phi) is 6.51. The van der Waals surface area contributed by atoms with Crippen LogP contribution in [0.2, 0.25) is 5.02 Å². The maximum Gasteiger partial charge on any atom is 0.276 e. The van der Waals surface area contributed by atoms with Gasteiger partial charge in [0.1, 0.15) is 0 Å². The first-order valence-corrected chi connectivity index (χ1v) is 8.47. The molecule has 1 fully saturated rings. The lowest BCUT2D eigenvalue weighted by molar-refractivity contribution is 0.102. The van der Waals surface area contributed by atoms with E-state index >= 15 is 0 Å². The summed E-state index contributed by atoms with van der Waals surface area (Å²) in [5.41, 5.74) is 0.536. The second kappa shape index (κ2) is 8.20. The number of hydrogen-bond acceptors (Lipinski definition) is 4. The molecule has 3 N–H and O–H groups in total. The first-order chi connectivity index (χ1) is 11.0. The van der Waals surface area contributed by atoms with Gasteiger partial charge in [-0.2, -0.15) is 5.10 Å². The fourth-order valence-corrected chi connectivity index (χ4v) is 3.38. The van der Waals surface area contributed by atoms with Gasteiger partial charge in [0.25, 0.3) is 5.91 Å². The molecule has 9 heteroatoms. The monoisotopic (exact) mass is 434 g/mol. The fraction of sp³-hybridized carbons (Fsp3) is 0.333. The van der Waals surface area contributed by atoms with Crippen LogP contribution in [0.3, 0.4) is 0 Å². The van der Waals surface area contributed by atoms with Gasteiger partial charge in [0.15, 0.2) is 11.4 Å². The SMILES string of the molecule is Cl.O=C(Nc1cc(Cl)cc(Br)c1O)c1ccn(C2CCCNC2)n1. The van der Waals surface area contributed by atoms with E-state index in [2.05, 4.69) is 31.7 Å². The zero-order valence-corrected chi connectivity index (χ0v) is 15.8. The zero-order valence-electron chi connectivity index (χ0n) is 12.6. The normalized spacial score (nSPS) is 17.2. The number of nitrogens with zero attached hydrogens (tertiary/aromatic N) is 2. The van der Waals surface area contributed by atoms with Crippen molar-refractivity contribution in [3.05, 3.63) is 39.6 Å². The molecular formula is C15H17BrCl2N4O2. The van der Waals surface area contributed by atoms with Crippen LogP contribution in [-0.2, 0) is 0 Å². The van der Waals surface area contributed by atoms with Crippen LogP contribution in [0.25, 0.3) is 0 Å². The molecule has 6 nitrogen and oxygen atoms in total. The first-order valence-electron chi connectivity index (χ1n) is 7.30. The van der Waals surface area contributed by atoms with Crippen LogP contribution in [0.15, 0.2) is 28.9 Å². The summed E-state index contributed by atoms with van der Waals surface area (Å²) < 4.78 is 2.23. The highest BCUT2D eigenvalue weighted by atomic mass is 79.9. The molecule has 1 aliphatic rings. The third-order valence-corrected chi connectivity index (χ3v) is 4.59. The van der Waals surface area contributed by atoms with E-state index in [9.17, 15) is 9.90 Å². The van der Waals surface area contributed by atoms with Crippen LogP contribution in [0, 0.1) is 0 Å². The highest BCUT2D eigenvalue weighted by molar-refractivity contribution is 9.10. The van der Waals surface area contributed by atoms with Crippen molar-refractivity contribution in [3.63, 3.8) is 0 Å². The third kappa shape index (κ3) is 4.22. The van der Waals surface area contributed by atoms with Gasteiger partial charge in [-0.05, 0) is 53.5 Å². The number of aromatic hydroxyl groups is 1. The Morgan fingerprint density at radius 2 is 2.29 bits per heavy atom. The number of phenols is 1. The predicted octanol–water partition coefficient (Wildman–Crippen LogP) is 3.60. The molecule has 2 heterocycles. The van der Waals surface area contributed by atoms with E-state index in [4.69, 9.17) is 11.6 Å². The van der Waals surface area contributed by atoms with E-state index in [1.165, 1.54) is 6.07 Å². The van der Waals surface area contributed by atoms with Crippen LogP contribution < -0.4 is 10.6 Å². The molecule has 1 saturated heterocycles. The van der Waals surface area contributed by atoms with Gasteiger partial charge in [0, 0.05) is 17.8 Å². The minimum atomic E-state index is -0.392. The van der Waals surface area contributed by atoms with E-state index in [0.29, 0.717) is 15.2 Å². The molecule has 1 atom stereocenters. The molecule has 1 unspecified atom stereocenters. The number of aromatic nitrogens is 2. The Labute approximate surface area is 159 Å². The highest BCUT2D eigenvalue weighted by Gasteiger charge is 2.19. The number of carbonyl (C=O) groups is 1. The van der Waals surface area contributed by atoms with Crippen molar-refractivity contribution in [1.82, 2.24) is 15.1 Å². The number of benzene rings is 1. The summed E-state index contributed by atoms with van der Waals surface area (Å²) in [6.07, 6.45) is 3.94. The van der Waals surface area contributed by atoms with Gasteiger partial charge >= 0.3 is 0 Å². The molecule has 1 aromatic heterocycles. The van der Waals surface area contributed by atoms with E-state index in [-0.39, 0.29) is 29.9 Å². The molecule has 1 amide bonds. The summed E-state index contributed by atoms with van der Waals surface area (Å²) in [5, 5.41) is 20.7. The number of phenolic OH excluding ortho intramolecular Hbond substituents is 1. The van der Waals surface area contributed by atoms with Crippen molar-refractivity contribution >= 4 is 51.5 Å². The van der Waals surface area contributed by atoms with E-state index in [1.54, 1.807) is 18.3 Å². The molecule has 0 saturated carbocycles. The number of piperidine rings is 1. The molecule has 0 bridgehead atoms. The van der Waals surface area contributed by atoms with Crippen LogP contribution in [0.1, 0.15) is 29.4 Å². The van der Waals surface area contributed by atoms with Gasteiger partial charge in [-0.25, -0.2) is 0 Å². The molecule has 24 heavy (non-hydrogen) atoms. The highest BCUT2D eigenvalue weighted by Crippen LogP contribution is 2.35. The summed E-state index contributed by atoms with van der Waals surface area (Å²) in [7, 11) is 0. The van der Waals surface area contributed by atoms with Crippen molar-refractivity contribution in [2.75, 3.05) is 18.4 Å². The van der Waals surface area contributed by atoms with Crippen LogP contribution >= 0.6 is 39.9 Å². The van der Waals surface area contributed by atoms with Gasteiger partial charge in [-0.15, -0.1) is 12.4 Å². The summed E-state index contributed by atoms with van der Waals surface area (Å²) in [6, 6.07) is 4.97. The lowest BCUT2D eigenvalue weighted by atomic mass is 10.1. The van der Waals surface area contributed by atoms with Gasteiger partial charge in [-0.1, -0.05) is 11.6 Å². The van der Waals surface area contributed by atoms with Crippen LogP contribution in [-0.4, -0.2) is 33.9 Å². The lowest BCUT2D eigenvalue weighted by Gasteiger charge is -2.22. The third-order valence-electron chi connectivity index (χ3n) is 3.76. The molecule has 0 aliphatic carbocycles. The number of nitrogens with one attached hydrogen (secondary N) is 2. The quantitative estimate of drug-likeness (QED) is 0.643. The summed E-state index contributed by atoms with van der Waals surface area (Å²) in [4.78, 5) is 12.3. The molecule has 0 radical (unpaired) electrons. The van der Waals surface area contributed by atoms with Gasteiger partial charge in [-0.3, -0.25) is 9.48 Å². The summed E-state index contributed by atoms with van der Waals surface area (Å²) >= 11 is 9.12. The van der Waals surface area contributed by atoms with Crippen molar-refractivity contribution in [2.24, 2.45) is 0 Å². The number of hydrogen-bond donors (Lipinski definition) is 3. The Morgan fingerprint density at radius 1 is 1.50 bits per heavy atom. The van der Waals surface area contributed by atoms with Gasteiger partial charge in [0.05, 0.1) is 16.2 Å². The van der Waals surface area contributed by atoms with Gasteiger partial charge in [0.2, 0.25) is 0 Å². The first kappa shape index (κ1) is 19.1. The average molecular weight is 436 g/mol.